The van der Waals surface area contributed by atoms with E-state index >= 15 is 0 Å². The van der Waals surface area contributed by atoms with E-state index < -0.39 is 30.6 Å². The van der Waals surface area contributed by atoms with Crippen molar-refractivity contribution in [3.63, 3.8) is 0 Å². The molecule has 9 heteroatoms. The number of hydrogen-bond acceptors (Lipinski definition) is 3. The zero-order valence-electron chi connectivity index (χ0n) is 17.9. The third-order valence-corrected chi connectivity index (χ3v) is 4.83. The van der Waals surface area contributed by atoms with Gasteiger partial charge in [0, 0.05) is 5.56 Å². The van der Waals surface area contributed by atoms with Gasteiger partial charge in [-0.15, -0.1) is 0 Å². The Hall–Kier alpha value is -4.14. The third kappa shape index (κ3) is 7.19. The van der Waals surface area contributed by atoms with Gasteiger partial charge in [0.2, 0.25) is 5.91 Å². The van der Waals surface area contributed by atoms with Crippen LogP contribution in [0.1, 0.15) is 38.7 Å². The van der Waals surface area contributed by atoms with E-state index in [2.05, 4.69) is 10.6 Å². The second-order valence-corrected chi connectivity index (χ2v) is 7.40. The van der Waals surface area contributed by atoms with E-state index in [9.17, 15) is 27.6 Å². The van der Waals surface area contributed by atoms with Gasteiger partial charge in [0.05, 0.1) is 23.7 Å². The van der Waals surface area contributed by atoms with Gasteiger partial charge < -0.3 is 16.0 Å². The molecule has 3 aromatic carbocycles. The summed E-state index contributed by atoms with van der Waals surface area (Å²) >= 11 is 0. The molecule has 0 aliphatic heterocycles. The van der Waals surface area contributed by atoms with Gasteiger partial charge in [0.1, 0.15) is 6.54 Å². The standard InChI is InChI=1S/C25H22F3N3O3/c26-25(27,28)16-29-24(34)19-13-7-8-14-20(19)30-22(32)15-21(17-9-3-1-4-10-17)31-23(33)18-11-5-2-6-12-18/h1-14,21H,15-16H2,(H,29,34)(H,30,32)(H,31,33). The lowest BCUT2D eigenvalue weighted by Gasteiger charge is -2.20. The monoisotopic (exact) mass is 469 g/mol. The van der Waals surface area contributed by atoms with Crippen LogP contribution in [-0.4, -0.2) is 30.4 Å². The fourth-order valence-electron chi connectivity index (χ4n) is 3.22. The minimum Gasteiger partial charge on any atom is -0.345 e. The zero-order chi connectivity index (χ0) is 24.6. The molecule has 6 nitrogen and oxygen atoms in total. The highest BCUT2D eigenvalue weighted by Gasteiger charge is 2.28. The van der Waals surface area contributed by atoms with Crippen molar-refractivity contribution in [1.82, 2.24) is 10.6 Å². The van der Waals surface area contributed by atoms with Crippen LogP contribution in [-0.2, 0) is 4.79 Å². The average Bonchev–Trinajstić information content (AvgIpc) is 2.83. The Labute approximate surface area is 194 Å². The number of carbonyl (C=O) groups is 3. The molecule has 34 heavy (non-hydrogen) atoms. The highest BCUT2D eigenvalue weighted by molar-refractivity contribution is 6.04. The van der Waals surface area contributed by atoms with Gasteiger partial charge in [0.15, 0.2) is 0 Å². The average molecular weight is 469 g/mol. The van der Waals surface area contributed by atoms with Crippen molar-refractivity contribution in [1.29, 1.82) is 0 Å². The maximum absolute atomic E-state index is 12.8. The number of nitrogens with one attached hydrogen (secondary N) is 3. The molecule has 0 aliphatic carbocycles. The van der Waals surface area contributed by atoms with Crippen molar-refractivity contribution in [3.8, 4) is 0 Å². The molecule has 0 heterocycles. The SMILES string of the molecule is O=C(CC(NC(=O)c1ccccc1)c1ccccc1)Nc1ccccc1C(=O)NCC(F)(F)F. The fourth-order valence-corrected chi connectivity index (χ4v) is 3.22. The maximum atomic E-state index is 12.8. The summed E-state index contributed by atoms with van der Waals surface area (Å²) in [5.41, 5.74) is 1.08. The van der Waals surface area contributed by atoms with Gasteiger partial charge in [-0.25, -0.2) is 0 Å². The first-order chi connectivity index (χ1) is 16.2. The summed E-state index contributed by atoms with van der Waals surface area (Å²) in [4.78, 5) is 37.7. The minimum atomic E-state index is -4.56. The van der Waals surface area contributed by atoms with E-state index in [1.807, 2.05) is 0 Å². The Morgan fingerprint density at radius 3 is 2.00 bits per heavy atom. The van der Waals surface area contributed by atoms with Crippen molar-refractivity contribution in [2.24, 2.45) is 0 Å². The summed E-state index contributed by atoms with van der Waals surface area (Å²) < 4.78 is 37.4. The fraction of sp³-hybridized carbons (Fsp3) is 0.160. The molecule has 0 radical (unpaired) electrons. The van der Waals surface area contributed by atoms with Gasteiger partial charge in [-0.05, 0) is 29.8 Å². The minimum absolute atomic E-state index is 0.0633. The van der Waals surface area contributed by atoms with Crippen LogP contribution in [0.3, 0.4) is 0 Å². The number of para-hydroxylation sites is 1. The highest BCUT2D eigenvalue weighted by atomic mass is 19.4. The number of anilines is 1. The normalized spacial score (nSPS) is 11.9. The predicted molar refractivity (Wildman–Crippen MR) is 121 cm³/mol. The number of alkyl halides is 3. The molecule has 0 aromatic heterocycles. The third-order valence-electron chi connectivity index (χ3n) is 4.83. The quantitative estimate of drug-likeness (QED) is 0.455. The zero-order valence-corrected chi connectivity index (χ0v) is 17.9. The van der Waals surface area contributed by atoms with Crippen molar-refractivity contribution in [2.45, 2.75) is 18.6 Å². The van der Waals surface area contributed by atoms with E-state index in [-0.39, 0.29) is 23.6 Å². The first-order valence-electron chi connectivity index (χ1n) is 10.4. The smallest absolute Gasteiger partial charge is 0.345 e. The topological polar surface area (TPSA) is 87.3 Å². The summed E-state index contributed by atoms with van der Waals surface area (Å²) in [6, 6.07) is 22.5. The van der Waals surface area contributed by atoms with Gasteiger partial charge in [-0.3, -0.25) is 14.4 Å². The summed E-state index contributed by atoms with van der Waals surface area (Å²) in [6.45, 7) is -1.49. The molecule has 3 N–H and O–H groups in total. The molecule has 3 amide bonds. The number of benzene rings is 3. The molecule has 1 atom stereocenters. The van der Waals surface area contributed by atoms with Crippen molar-refractivity contribution < 1.29 is 27.6 Å². The van der Waals surface area contributed by atoms with E-state index in [0.29, 0.717) is 11.1 Å². The van der Waals surface area contributed by atoms with E-state index in [4.69, 9.17) is 0 Å². The first kappa shape index (κ1) is 24.5. The Balaban J connectivity index is 1.74. The van der Waals surface area contributed by atoms with Crippen molar-refractivity contribution >= 4 is 23.4 Å². The molecule has 0 fully saturated rings. The number of carbonyl (C=O) groups excluding carboxylic acids is 3. The van der Waals surface area contributed by atoms with Crippen LogP contribution in [0.25, 0.3) is 0 Å². The second kappa shape index (κ2) is 11.1. The van der Waals surface area contributed by atoms with Crippen LogP contribution < -0.4 is 16.0 Å². The Morgan fingerprint density at radius 1 is 0.765 bits per heavy atom. The Morgan fingerprint density at radius 2 is 1.35 bits per heavy atom. The highest BCUT2D eigenvalue weighted by Crippen LogP contribution is 2.21. The van der Waals surface area contributed by atoms with Crippen LogP contribution in [0.2, 0.25) is 0 Å². The van der Waals surface area contributed by atoms with Crippen molar-refractivity contribution in [2.75, 3.05) is 11.9 Å². The largest absolute Gasteiger partial charge is 0.405 e. The van der Waals surface area contributed by atoms with Crippen molar-refractivity contribution in [3.05, 3.63) is 102 Å². The lowest BCUT2D eigenvalue weighted by Crippen LogP contribution is -2.34. The molecule has 1 unspecified atom stereocenters. The number of hydrogen-bond donors (Lipinski definition) is 3. The maximum Gasteiger partial charge on any atom is 0.405 e. The second-order valence-electron chi connectivity index (χ2n) is 7.40. The number of halogens is 3. The summed E-state index contributed by atoms with van der Waals surface area (Å²) in [5.74, 6) is -1.86. The van der Waals surface area contributed by atoms with Crippen LogP contribution in [0.4, 0.5) is 18.9 Å². The molecule has 0 spiro atoms. The molecule has 0 aliphatic rings. The molecule has 3 rings (SSSR count). The van der Waals surface area contributed by atoms with Crippen LogP contribution >= 0.6 is 0 Å². The predicted octanol–water partition coefficient (Wildman–Crippen LogP) is 4.48. The van der Waals surface area contributed by atoms with Crippen LogP contribution in [0.5, 0.6) is 0 Å². The summed E-state index contributed by atoms with van der Waals surface area (Å²) in [6.07, 6.45) is -4.73. The lowest BCUT2D eigenvalue weighted by molar-refractivity contribution is -0.123. The molecule has 0 bridgehead atoms. The van der Waals surface area contributed by atoms with E-state index in [0.717, 1.165) is 0 Å². The van der Waals surface area contributed by atoms with Gasteiger partial charge in [-0.1, -0.05) is 60.7 Å². The van der Waals surface area contributed by atoms with E-state index in [1.165, 1.54) is 18.2 Å². The number of amides is 3. The van der Waals surface area contributed by atoms with Crippen LogP contribution in [0, 0.1) is 0 Å². The Kier molecular flexibility index (Phi) is 8.02. The first-order valence-corrected chi connectivity index (χ1v) is 10.4. The molecule has 176 valence electrons. The van der Waals surface area contributed by atoms with Crippen LogP contribution in [0.15, 0.2) is 84.9 Å². The lowest BCUT2D eigenvalue weighted by atomic mass is 10.0. The van der Waals surface area contributed by atoms with E-state index in [1.54, 1.807) is 72.0 Å². The molecule has 3 aromatic rings. The van der Waals surface area contributed by atoms with Gasteiger partial charge in [0.25, 0.3) is 11.8 Å². The molecule has 0 saturated carbocycles. The number of rotatable bonds is 8. The Bertz CT molecular complexity index is 1140. The van der Waals surface area contributed by atoms with Gasteiger partial charge in [-0.2, -0.15) is 13.2 Å². The van der Waals surface area contributed by atoms with Gasteiger partial charge >= 0.3 is 6.18 Å². The molecular formula is C25H22F3N3O3. The molecular weight excluding hydrogens is 447 g/mol. The summed E-state index contributed by atoms with van der Waals surface area (Å²) in [7, 11) is 0. The molecule has 0 saturated heterocycles. The summed E-state index contributed by atoms with van der Waals surface area (Å²) in [5, 5.41) is 7.20.